The number of halogens is 1. The molecule has 0 spiro atoms. The van der Waals surface area contributed by atoms with E-state index >= 15 is 0 Å². The molecule has 0 amide bonds. The van der Waals surface area contributed by atoms with Gasteiger partial charge in [0.05, 0.1) is 0 Å². The van der Waals surface area contributed by atoms with Crippen molar-refractivity contribution in [1.29, 1.82) is 0 Å². The monoisotopic (exact) mass is 295 g/mol. The van der Waals surface area contributed by atoms with Crippen LogP contribution in [0.15, 0.2) is 22.7 Å². The average Bonchev–Trinajstić information content (AvgIpc) is 2.28. The second-order valence-electron chi connectivity index (χ2n) is 5.22. The molecule has 2 atom stereocenters. The van der Waals surface area contributed by atoms with E-state index in [4.69, 9.17) is 0 Å². The molecule has 2 rings (SSSR count). The number of hydrogen-bond acceptors (Lipinski definition) is 1. The Balaban J connectivity index is 2.08. The lowest BCUT2D eigenvalue weighted by molar-refractivity contribution is 0.317. The van der Waals surface area contributed by atoms with E-state index in [9.17, 15) is 0 Å². The second kappa shape index (κ2) is 5.90. The van der Waals surface area contributed by atoms with Crippen LogP contribution in [0.4, 0.5) is 5.69 Å². The van der Waals surface area contributed by atoms with Gasteiger partial charge in [0.15, 0.2) is 0 Å². The van der Waals surface area contributed by atoms with E-state index in [1.807, 2.05) is 0 Å². The molecule has 1 aromatic rings. The fourth-order valence-electron chi connectivity index (χ4n) is 2.92. The normalized spacial score (nSPS) is 24.6. The molecule has 0 radical (unpaired) electrons. The minimum Gasteiger partial charge on any atom is -0.382 e. The zero-order valence-electron chi connectivity index (χ0n) is 10.8. The van der Waals surface area contributed by atoms with E-state index in [0.717, 1.165) is 5.92 Å². The number of hydrogen-bond donors (Lipinski definition) is 1. The molecule has 2 heteroatoms. The molecule has 1 N–H and O–H groups in total. The van der Waals surface area contributed by atoms with Crippen molar-refractivity contribution in [3.63, 3.8) is 0 Å². The molecule has 1 nitrogen and oxygen atoms in total. The van der Waals surface area contributed by atoms with Gasteiger partial charge in [-0.15, -0.1) is 0 Å². The molecule has 1 aromatic carbocycles. The maximum Gasteiger partial charge on any atom is 0.0356 e. The summed E-state index contributed by atoms with van der Waals surface area (Å²) in [6, 6.07) is 7.26. The highest BCUT2D eigenvalue weighted by Crippen LogP contribution is 2.30. The Hall–Kier alpha value is -0.500. The highest BCUT2D eigenvalue weighted by Gasteiger charge is 2.23. The van der Waals surface area contributed by atoms with Crippen LogP contribution in [0.2, 0.25) is 0 Å². The average molecular weight is 296 g/mol. The van der Waals surface area contributed by atoms with Crippen LogP contribution in [0.25, 0.3) is 0 Å². The van der Waals surface area contributed by atoms with E-state index in [1.165, 1.54) is 47.8 Å². The van der Waals surface area contributed by atoms with Gasteiger partial charge in [0.2, 0.25) is 0 Å². The van der Waals surface area contributed by atoms with Gasteiger partial charge in [-0.1, -0.05) is 42.1 Å². The van der Waals surface area contributed by atoms with Gasteiger partial charge >= 0.3 is 0 Å². The van der Waals surface area contributed by atoms with Crippen LogP contribution in [0, 0.1) is 12.8 Å². The zero-order chi connectivity index (χ0) is 12.3. The van der Waals surface area contributed by atoms with Gasteiger partial charge in [0.25, 0.3) is 0 Å². The summed E-state index contributed by atoms with van der Waals surface area (Å²) in [6.45, 7) is 4.46. The van der Waals surface area contributed by atoms with Crippen molar-refractivity contribution < 1.29 is 0 Å². The number of aryl methyl sites for hydroxylation is 1. The number of anilines is 1. The molecule has 17 heavy (non-hydrogen) atoms. The Bertz CT molecular complexity index is 355. The van der Waals surface area contributed by atoms with Gasteiger partial charge in [0, 0.05) is 16.2 Å². The summed E-state index contributed by atoms with van der Waals surface area (Å²) in [5.41, 5.74) is 2.58. The van der Waals surface area contributed by atoms with E-state index < -0.39 is 0 Å². The number of rotatable bonds is 3. The summed E-state index contributed by atoms with van der Waals surface area (Å²) in [7, 11) is 0. The van der Waals surface area contributed by atoms with Crippen LogP contribution in [0.1, 0.15) is 44.6 Å². The van der Waals surface area contributed by atoms with E-state index in [1.54, 1.807) is 0 Å². The minimum atomic E-state index is 0.669. The second-order valence-corrected chi connectivity index (χ2v) is 6.14. The molecule has 0 aromatic heterocycles. The predicted molar refractivity (Wildman–Crippen MR) is 78.5 cm³/mol. The Morgan fingerprint density at radius 3 is 2.71 bits per heavy atom. The van der Waals surface area contributed by atoms with E-state index in [2.05, 4.69) is 53.3 Å². The third kappa shape index (κ3) is 3.48. The minimum absolute atomic E-state index is 0.669. The third-order valence-electron chi connectivity index (χ3n) is 3.83. The molecule has 0 aliphatic heterocycles. The third-order valence-corrected chi connectivity index (χ3v) is 4.29. The molecule has 0 bridgehead atoms. The van der Waals surface area contributed by atoms with Crippen molar-refractivity contribution in [3.05, 3.63) is 28.2 Å². The smallest absolute Gasteiger partial charge is 0.0356 e. The Kier molecular flexibility index (Phi) is 4.49. The SMILES string of the molecule is CCC1CCCCC1Nc1cc(C)cc(Br)c1. The lowest BCUT2D eigenvalue weighted by Crippen LogP contribution is -2.31. The molecule has 0 saturated heterocycles. The van der Waals surface area contributed by atoms with Crippen molar-refractivity contribution in [3.8, 4) is 0 Å². The maximum absolute atomic E-state index is 3.73. The van der Waals surface area contributed by atoms with Crippen LogP contribution >= 0.6 is 15.9 Å². The van der Waals surface area contributed by atoms with E-state index in [-0.39, 0.29) is 0 Å². The molecule has 1 saturated carbocycles. The highest BCUT2D eigenvalue weighted by atomic mass is 79.9. The summed E-state index contributed by atoms with van der Waals surface area (Å²) in [5.74, 6) is 0.850. The number of benzene rings is 1. The summed E-state index contributed by atoms with van der Waals surface area (Å²) in [6.07, 6.45) is 6.80. The highest BCUT2D eigenvalue weighted by molar-refractivity contribution is 9.10. The first kappa shape index (κ1) is 12.9. The lowest BCUT2D eigenvalue weighted by Gasteiger charge is -2.32. The quantitative estimate of drug-likeness (QED) is 0.814. The van der Waals surface area contributed by atoms with Gasteiger partial charge in [-0.05, 0) is 49.4 Å². The van der Waals surface area contributed by atoms with Crippen LogP contribution in [-0.2, 0) is 0 Å². The number of nitrogens with one attached hydrogen (secondary N) is 1. The van der Waals surface area contributed by atoms with Crippen molar-refractivity contribution in [1.82, 2.24) is 0 Å². The molecule has 94 valence electrons. The fraction of sp³-hybridized carbons (Fsp3) is 0.600. The maximum atomic E-state index is 3.73. The fourth-order valence-corrected chi connectivity index (χ4v) is 3.53. The standard InChI is InChI=1S/C15H22BrN/c1-3-12-6-4-5-7-15(12)17-14-9-11(2)8-13(16)10-14/h8-10,12,15,17H,3-7H2,1-2H3. The topological polar surface area (TPSA) is 12.0 Å². The summed E-state index contributed by atoms with van der Waals surface area (Å²) < 4.78 is 1.17. The molecule has 1 fully saturated rings. The first-order chi connectivity index (χ1) is 8.19. The van der Waals surface area contributed by atoms with Crippen LogP contribution in [0.5, 0.6) is 0 Å². The molecular weight excluding hydrogens is 274 g/mol. The van der Waals surface area contributed by atoms with Crippen molar-refractivity contribution in [2.75, 3.05) is 5.32 Å². The van der Waals surface area contributed by atoms with Crippen LogP contribution in [-0.4, -0.2) is 6.04 Å². The van der Waals surface area contributed by atoms with Crippen molar-refractivity contribution in [2.24, 2.45) is 5.92 Å². The Morgan fingerprint density at radius 2 is 2.00 bits per heavy atom. The largest absolute Gasteiger partial charge is 0.382 e. The molecule has 0 heterocycles. The van der Waals surface area contributed by atoms with Gasteiger partial charge in [-0.3, -0.25) is 0 Å². The Morgan fingerprint density at radius 1 is 1.24 bits per heavy atom. The lowest BCUT2D eigenvalue weighted by atomic mass is 9.83. The van der Waals surface area contributed by atoms with Gasteiger partial charge < -0.3 is 5.32 Å². The van der Waals surface area contributed by atoms with Crippen molar-refractivity contribution in [2.45, 2.75) is 52.0 Å². The van der Waals surface area contributed by atoms with Crippen LogP contribution < -0.4 is 5.32 Å². The first-order valence-electron chi connectivity index (χ1n) is 6.72. The summed E-state index contributed by atoms with van der Waals surface area (Å²) in [4.78, 5) is 0. The van der Waals surface area contributed by atoms with Crippen LogP contribution in [0.3, 0.4) is 0 Å². The molecular formula is C15H22BrN. The predicted octanol–water partition coefficient (Wildman–Crippen LogP) is 5.14. The summed E-state index contributed by atoms with van der Waals surface area (Å²) >= 11 is 3.57. The van der Waals surface area contributed by atoms with Gasteiger partial charge in [-0.25, -0.2) is 0 Å². The Labute approximate surface area is 113 Å². The molecule has 1 aliphatic carbocycles. The first-order valence-corrected chi connectivity index (χ1v) is 7.52. The van der Waals surface area contributed by atoms with Gasteiger partial charge in [0.1, 0.15) is 0 Å². The zero-order valence-corrected chi connectivity index (χ0v) is 12.4. The van der Waals surface area contributed by atoms with Gasteiger partial charge in [-0.2, -0.15) is 0 Å². The van der Waals surface area contributed by atoms with E-state index in [0.29, 0.717) is 6.04 Å². The summed E-state index contributed by atoms with van der Waals surface area (Å²) in [5, 5.41) is 3.73. The van der Waals surface area contributed by atoms with Crippen molar-refractivity contribution >= 4 is 21.6 Å². The molecule has 2 unspecified atom stereocenters. The molecule has 1 aliphatic rings.